The van der Waals surface area contributed by atoms with Gasteiger partial charge >= 0.3 is 5.97 Å². The highest BCUT2D eigenvalue weighted by Crippen LogP contribution is 2.38. The average Bonchev–Trinajstić information content (AvgIpc) is 3.20. The van der Waals surface area contributed by atoms with Crippen LogP contribution in [-0.4, -0.2) is 44.8 Å². The fourth-order valence-electron chi connectivity index (χ4n) is 3.84. The second kappa shape index (κ2) is 7.18. The van der Waals surface area contributed by atoms with E-state index in [0.717, 1.165) is 17.0 Å². The molecule has 1 saturated heterocycles. The van der Waals surface area contributed by atoms with Crippen molar-refractivity contribution in [2.45, 2.75) is 40.7 Å². The predicted octanol–water partition coefficient (Wildman–Crippen LogP) is 3.12. The van der Waals surface area contributed by atoms with Crippen LogP contribution in [0, 0.1) is 25.2 Å². The van der Waals surface area contributed by atoms with Crippen LogP contribution in [0.2, 0.25) is 0 Å². The van der Waals surface area contributed by atoms with Crippen LogP contribution in [0.4, 0.5) is 0 Å². The molecule has 0 aliphatic carbocycles. The maximum Gasteiger partial charge on any atom is 0.311 e. The van der Waals surface area contributed by atoms with Gasteiger partial charge in [0, 0.05) is 24.3 Å². The van der Waals surface area contributed by atoms with Crippen LogP contribution in [0.15, 0.2) is 30.3 Å². The lowest BCUT2D eigenvalue weighted by atomic mass is 9.76. The van der Waals surface area contributed by atoms with Gasteiger partial charge in [-0.1, -0.05) is 26.0 Å². The fourth-order valence-corrected chi connectivity index (χ4v) is 3.84. The molecule has 1 aromatic heterocycles. The normalized spacial score (nSPS) is 19.7. The molecule has 1 unspecified atom stereocenters. The lowest BCUT2D eigenvalue weighted by Gasteiger charge is -2.28. The van der Waals surface area contributed by atoms with Crippen molar-refractivity contribution >= 4 is 11.9 Å². The molecule has 1 atom stereocenters. The molecule has 27 heavy (non-hydrogen) atoms. The number of aryl methyl sites for hydroxylation is 2. The summed E-state index contributed by atoms with van der Waals surface area (Å²) in [5.74, 6) is -0.930. The maximum atomic E-state index is 12.8. The van der Waals surface area contributed by atoms with Gasteiger partial charge in [-0.15, -0.1) is 0 Å². The van der Waals surface area contributed by atoms with Gasteiger partial charge in [-0.3, -0.25) is 14.3 Å². The second-order valence-electron chi connectivity index (χ2n) is 7.87. The minimum absolute atomic E-state index is 0.0176. The Labute approximate surface area is 159 Å². The van der Waals surface area contributed by atoms with Gasteiger partial charge in [-0.2, -0.15) is 5.10 Å². The van der Waals surface area contributed by atoms with Crippen molar-refractivity contribution in [3.05, 3.63) is 52.8 Å². The molecular formula is C21H27N3O3. The molecule has 0 bridgehead atoms. The molecule has 0 radical (unpaired) electrons. The van der Waals surface area contributed by atoms with E-state index in [4.69, 9.17) is 0 Å². The molecule has 1 fully saturated rings. The Hall–Kier alpha value is -2.63. The molecular weight excluding hydrogens is 342 g/mol. The molecule has 1 aromatic carbocycles. The number of benzene rings is 1. The summed E-state index contributed by atoms with van der Waals surface area (Å²) in [4.78, 5) is 26.3. The van der Waals surface area contributed by atoms with E-state index in [9.17, 15) is 14.7 Å². The molecule has 0 spiro atoms. The van der Waals surface area contributed by atoms with Gasteiger partial charge in [-0.25, -0.2) is 0 Å². The summed E-state index contributed by atoms with van der Waals surface area (Å²) in [7, 11) is 0. The smallest absolute Gasteiger partial charge is 0.311 e. The number of likely N-dealkylation sites (tertiary alicyclic amines) is 1. The van der Waals surface area contributed by atoms with E-state index < -0.39 is 11.4 Å². The van der Waals surface area contributed by atoms with E-state index in [0.29, 0.717) is 25.1 Å². The van der Waals surface area contributed by atoms with E-state index in [2.05, 4.69) is 5.10 Å². The number of aliphatic carboxylic acids is 1. The molecule has 6 heteroatoms. The van der Waals surface area contributed by atoms with Gasteiger partial charge in [0.2, 0.25) is 0 Å². The third-order valence-electron chi connectivity index (χ3n) is 5.76. The zero-order valence-electron chi connectivity index (χ0n) is 16.4. The Morgan fingerprint density at radius 2 is 1.89 bits per heavy atom. The number of aromatic nitrogens is 2. The van der Waals surface area contributed by atoms with Gasteiger partial charge in [0.1, 0.15) is 0 Å². The topological polar surface area (TPSA) is 75.4 Å². The van der Waals surface area contributed by atoms with Gasteiger partial charge < -0.3 is 10.0 Å². The van der Waals surface area contributed by atoms with E-state index in [1.807, 2.05) is 62.7 Å². The Bertz CT molecular complexity index is 854. The molecule has 6 nitrogen and oxygen atoms in total. The van der Waals surface area contributed by atoms with Crippen LogP contribution in [-0.2, 0) is 11.3 Å². The first-order valence-electron chi connectivity index (χ1n) is 9.35. The van der Waals surface area contributed by atoms with Crippen molar-refractivity contribution in [2.24, 2.45) is 11.3 Å². The Kier molecular flexibility index (Phi) is 5.09. The van der Waals surface area contributed by atoms with Crippen LogP contribution in [0.1, 0.15) is 47.6 Å². The number of nitrogens with zero attached hydrogens (tertiary/aromatic N) is 3. The van der Waals surface area contributed by atoms with Crippen molar-refractivity contribution in [2.75, 3.05) is 13.1 Å². The fraction of sp³-hybridized carbons (Fsp3) is 0.476. The molecule has 1 aliphatic rings. The number of hydrogen-bond acceptors (Lipinski definition) is 3. The van der Waals surface area contributed by atoms with Gasteiger partial charge in [0.15, 0.2) is 0 Å². The molecule has 1 amide bonds. The average molecular weight is 369 g/mol. The number of amides is 1. The first kappa shape index (κ1) is 19.1. The molecule has 3 rings (SSSR count). The molecule has 0 saturated carbocycles. The molecule has 1 N–H and O–H groups in total. The molecule has 1 aliphatic heterocycles. The highest BCUT2D eigenvalue weighted by atomic mass is 16.4. The van der Waals surface area contributed by atoms with Crippen molar-refractivity contribution in [3.8, 4) is 0 Å². The lowest BCUT2D eigenvalue weighted by Crippen LogP contribution is -2.40. The van der Waals surface area contributed by atoms with Crippen molar-refractivity contribution in [3.63, 3.8) is 0 Å². The number of carbonyl (C=O) groups is 2. The molecule has 2 aromatic rings. The molecule has 2 heterocycles. The largest absolute Gasteiger partial charge is 0.481 e. The summed E-state index contributed by atoms with van der Waals surface area (Å²) in [6.45, 7) is 9.23. The predicted molar refractivity (Wildman–Crippen MR) is 103 cm³/mol. The van der Waals surface area contributed by atoms with E-state index in [1.54, 1.807) is 4.90 Å². The quantitative estimate of drug-likeness (QED) is 0.879. The van der Waals surface area contributed by atoms with E-state index in [1.165, 1.54) is 0 Å². The van der Waals surface area contributed by atoms with Crippen LogP contribution in [0.25, 0.3) is 0 Å². The summed E-state index contributed by atoms with van der Waals surface area (Å²) in [6.07, 6.45) is 0.502. The summed E-state index contributed by atoms with van der Waals surface area (Å²) >= 11 is 0. The Balaban J connectivity index is 1.71. The Morgan fingerprint density at radius 3 is 2.37 bits per heavy atom. The van der Waals surface area contributed by atoms with Crippen LogP contribution in [0.3, 0.4) is 0 Å². The number of carboxylic acids is 1. The summed E-state index contributed by atoms with van der Waals surface area (Å²) in [5.41, 5.74) is 2.91. The minimum atomic E-state index is -0.842. The number of hydrogen-bond donors (Lipinski definition) is 1. The zero-order chi connectivity index (χ0) is 19.8. The van der Waals surface area contributed by atoms with Crippen LogP contribution < -0.4 is 0 Å². The van der Waals surface area contributed by atoms with Gasteiger partial charge in [-0.05, 0) is 49.9 Å². The maximum absolute atomic E-state index is 12.8. The van der Waals surface area contributed by atoms with Crippen molar-refractivity contribution < 1.29 is 14.7 Å². The second-order valence-corrected chi connectivity index (χ2v) is 7.87. The standard InChI is InChI=1S/C21H27N3O3/c1-14(2)21(20(26)27)9-10-23(13-21)19(25)18-7-5-17(6-8-18)12-24-16(4)11-15(3)22-24/h5-8,11,14H,9-10,12-13H2,1-4H3,(H,26,27). The highest BCUT2D eigenvalue weighted by molar-refractivity contribution is 5.95. The summed E-state index contributed by atoms with van der Waals surface area (Å²) < 4.78 is 1.94. The Morgan fingerprint density at radius 1 is 1.22 bits per heavy atom. The lowest BCUT2D eigenvalue weighted by molar-refractivity contribution is -0.150. The van der Waals surface area contributed by atoms with Crippen LogP contribution >= 0.6 is 0 Å². The van der Waals surface area contributed by atoms with Crippen LogP contribution in [0.5, 0.6) is 0 Å². The highest BCUT2D eigenvalue weighted by Gasteiger charge is 2.48. The molecule has 144 valence electrons. The summed E-state index contributed by atoms with van der Waals surface area (Å²) in [5, 5.41) is 14.1. The third-order valence-corrected chi connectivity index (χ3v) is 5.76. The van der Waals surface area contributed by atoms with E-state index >= 15 is 0 Å². The van der Waals surface area contributed by atoms with Crippen molar-refractivity contribution in [1.29, 1.82) is 0 Å². The first-order chi connectivity index (χ1) is 12.7. The zero-order valence-corrected chi connectivity index (χ0v) is 16.4. The van der Waals surface area contributed by atoms with E-state index in [-0.39, 0.29) is 18.4 Å². The van der Waals surface area contributed by atoms with Gasteiger partial charge in [0.05, 0.1) is 17.7 Å². The first-order valence-corrected chi connectivity index (χ1v) is 9.35. The summed E-state index contributed by atoms with van der Waals surface area (Å²) in [6, 6.07) is 9.55. The monoisotopic (exact) mass is 369 g/mol. The third kappa shape index (κ3) is 3.61. The minimum Gasteiger partial charge on any atom is -0.481 e. The number of carboxylic acid groups (broad SMARTS) is 1. The van der Waals surface area contributed by atoms with Gasteiger partial charge in [0.25, 0.3) is 5.91 Å². The van der Waals surface area contributed by atoms with Crippen molar-refractivity contribution in [1.82, 2.24) is 14.7 Å². The number of carbonyl (C=O) groups excluding carboxylic acids is 1. The SMILES string of the molecule is Cc1cc(C)n(Cc2ccc(C(=O)N3CCC(C(=O)O)(C(C)C)C3)cc2)n1. The number of rotatable bonds is 5.